The van der Waals surface area contributed by atoms with Gasteiger partial charge in [0.05, 0.1) is 0 Å². The van der Waals surface area contributed by atoms with Crippen LogP contribution in [0, 0.1) is 6.92 Å². The molecule has 2 aromatic rings. The van der Waals surface area contributed by atoms with Crippen LogP contribution in [0.4, 0.5) is 8.78 Å². The molecule has 0 bridgehead atoms. The number of halogens is 2. The molecule has 0 aromatic carbocycles. The minimum Gasteiger partial charge on any atom is -0.472 e. The summed E-state index contributed by atoms with van der Waals surface area (Å²) < 4.78 is 29.2. The molecular formula is C19H21F2N3O3. The Morgan fingerprint density at radius 2 is 2.04 bits per heavy atom. The van der Waals surface area contributed by atoms with Crippen molar-refractivity contribution in [1.82, 2.24) is 15.3 Å². The third-order valence-corrected chi connectivity index (χ3v) is 3.84. The topological polar surface area (TPSA) is 81.2 Å². The first-order valence-electron chi connectivity index (χ1n) is 8.50. The van der Waals surface area contributed by atoms with E-state index in [1.807, 2.05) is 0 Å². The fourth-order valence-corrected chi connectivity index (χ4v) is 2.29. The van der Waals surface area contributed by atoms with Gasteiger partial charge in [-0.05, 0) is 30.2 Å². The summed E-state index contributed by atoms with van der Waals surface area (Å²) in [6, 6.07) is 4.71. The summed E-state index contributed by atoms with van der Waals surface area (Å²) in [5.41, 5.74) is 2.46. The van der Waals surface area contributed by atoms with Gasteiger partial charge in [0.15, 0.2) is 6.61 Å². The lowest BCUT2D eigenvalue weighted by molar-refractivity contribution is -0.118. The zero-order valence-corrected chi connectivity index (χ0v) is 15.2. The van der Waals surface area contributed by atoms with E-state index >= 15 is 0 Å². The van der Waals surface area contributed by atoms with Gasteiger partial charge < -0.3 is 10.1 Å². The average molecular weight is 377 g/mol. The number of ketones is 1. The molecule has 0 atom stereocenters. The van der Waals surface area contributed by atoms with Crippen LogP contribution in [0.2, 0.25) is 0 Å². The van der Waals surface area contributed by atoms with E-state index in [1.54, 1.807) is 32.0 Å². The Labute approximate surface area is 156 Å². The van der Waals surface area contributed by atoms with E-state index < -0.39 is 13.0 Å². The molecule has 2 rings (SSSR count). The first kappa shape index (κ1) is 20.4. The molecule has 1 N–H and O–H groups in total. The van der Waals surface area contributed by atoms with Gasteiger partial charge in [-0.25, -0.2) is 13.8 Å². The molecule has 1 amide bonds. The highest BCUT2D eigenvalue weighted by Gasteiger charge is 2.11. The fourth-order valence-electron chi connectivity index (χ4n) is 2.29. The quantitative estimate of drug-likeness (QED) is 0.727. The van der Waals surface area contributed by atoms with Gasteiger partial charge in [0.25, 0.3) is 12.3 Å². The van der Waals surface area contributed by atoms with E-state index in [4.69, 9.17) is 4.74 Å². The molecule has 0 unspecified atom stereocenters. The number of nitrogens with one attached hydrogen (secondary N) is 1. The molecule has 0 aliphatic heterocycles. The van der Waals surface area contributed by atoms with Crippen molar-refractivity contribution in [3.8, 4) is 5.88 Å². The van der Waals surface area contributed by atoms with Crippen molar-refractivity contribution in [2.75, 3.05) is 6.61 Å². The zero-order chi connectivity index (χ0) is 19.8. The number of aromatic nitrogens is 2. The maximum atomic E-state index is 12.3. The lowest BCUT2D eigenvalue weighted by atomic mass is 10.1. The summed E-state index contributed by atoms with van der Waals surface area (Å²) in [7, 11) is 0. The second-order valence-corrected chi connectivity index (χ2v) is 5.94. The standard InChI is InChI=1S/C19H21F2N3O3/c1-3-16(25)8-15-7-13(4-5-22-15)19(26)24-10-14-9-23-18(6-12(14)2)27-11-17(20)21/h4-7,9,17H,3,8,10-11H2,1-2H3,(H,24,26). The number of carbonyl (C=O) groups excluding carboxylic acids is 2. The number of carbonyl (C=O) groups is 2. The van der Waals surface area contributed by atoms with Crippen LogP contribution in [-0.2, 0) is 17.8 Å². The molecular weight excluding hydrogens is 356 g/mol. The van der Waals surface area contributed by atoms with Crippen molar-refractivity contribution in [2.24, 2.45) is 0 Å². The monoisotopic (exact) mass is 377 g/mol. The predicted octanol–water partition coefficient (Wildman–Crippen LogP) is 2.88. The number of hydrogen-bond donors (Lipinski definition) is 1. The van der Waals surface area contributed by atoms with Crippen molar-refractivity contribution in [2.45, 2.75) is 39.7 Å². The molecule has 2 aromatic heterocycles. The van der Waals surface area contributed by atoms with E-state index in [9.17, 15) is 18.4 Å². The van der Waals surface area contributed by atoms with Gasteiger partial charge in [0.1, 0.15) is 5.78 Å². The third kappa shape index (κ3) is 6.40. The van der Waals surface area contributed by atoms with Crippen LogP contribution < -0.4 is 10.1 Å². The third-order valence-electron chi connectivity index (χ3n) is 3.84. The molecule has 0 radical (unpaired) electrons. The van der Waals surface area contributed by atoms with Gasteiger partial charge in [-0.2, -0.15) is 0 Å². The lowest BCUT2D eigenvalue weighted by Gasteiger charge is -2.10. The van der Waals surface area contributed by atoms with E-state index in [2.05, 4.69) is 15.3 Å². The Balaban J connectivity index is 1.97. The first-order valence-corrected chi connectivity index (χ1v) is 8.50. The van der Waals surface area contributed by atoms with Crippen LogP contribution in [0.5, 0.6) is 5.88 Å². The smallest absolute Gasteiger partial charge is 0.272 e. The van der Waals surface area contributed by atoms with Crippen molar-refractivity contribution in [3.63, 3.8) is 0 Å². The van der Waals surface area contributed by atoms with Crippen LogP contribution in [0.3, 0.4) is 0 Å². The van der Waals surface area contributed by atoms with E-state index in [-0.39, 0.29) is 30.5 Å². The van der Waals surface area contributed by atoms with Gasteiger partial charge in [0, 0.05) is 49.1 Å². The van der Waals surface area contributed by atoms with Crippen molar-refractivity contribution < 1.29 is 23.1 Å². The summed E-state index contributed by atoms with van der Waals surface area (Å²) in [6.07, 6.45) is 1.02. The maximum absolute atomic E-state index is 12.3. The molecule has 0 aliphatic rings. The lowest BCUT2D eigenvalue weighted by Crippen LogP contribution is -2.23. The summed E-state index contributed by atoms with van der Waals surface area (Å²) in [5, 5.41) is 2.77. The van der Waals surface area contributed by atoms with Crippen LogP contribution in [0.25, 0.3) is 0 Å². The molecule has 144 valence electrons. The molecule has 0 saturated carbocycles. The first-order chi connectivity index (χ1) is 12.9. The van der Waals surface area contributed by atoms with Gasteiger partial charge >= 0.3 is 0 Å². The number of hydrogen-bond acceptors (Lipinski definition) is 5. The normalized spacial score (nSPS) is 10.7. The van der Waals surface area contributed by atoms with Gasteiger partial charge in [-0.1, -0.05) is 6.92 Å². The average Bonchev–Trinajstić information content (AvgIpc) is 2.65. The number of pyridine rings is 2. The molecule has 0 saturated heterocycles. The number of Topliss-reactive ketones (excluding diaryl/α,β-unsaturated/α-hetero) is 1. The number of ether oxygens (including phenoxy) is 1. The Kier molecular flexibility index (Phi) is 7.34. The van der Waals surface area contributed by atoms with Gasteiger partial charge in [-0.3, -0.25) is 14.6 Å². The van der Waals surface area contributed by atoms with E-state index in [0.29, 0.717) is 17.7 Å². The molecule has 8 heteroatoms. The van der Waals surface area contributed by atoms with E-state index in [0.717, 1.165) is 11.1 Å². The second kappa shape index (κ2) is 9.70. The zero-order valence-electron chi connectivity index (χ0n) is 15.2. The fraction of sp³-hybridized carbons (Fsp3) is 0.368. The van der Waals surface area contributed by atoms with Crippen LogP contribution in [0.15, 0.2) is 30.6 Å². The molecule has 6 nitrogen and oxygen atoms in total. The Bertz CT molecular complexity index is 813. The molecule has 0 aliphatic carbocycles. The van der Waals surface area contributed by atoms with E-state index in [1.165, 1.54) is 12.4 Å². The van der Waals surface area contributed by atoms with Crippen molar-refractivity contribution >= 4 is 11.7 Å². The van der Waals surface area contributed by atoms with Crippen LogP contribution in [-0.4, -0.2) is 34.7 Å². The summed E-state index contributed by atoms with van der Waals surface area (Å²) in [4.78, 5) is 31.9. The Morgan fingerprint density at radius 3 is 2.70 bits per heavy atom. The number of nitrogens with zero attached hydrogens (tertiary/aromatic N) is 2. The molecule has 0 spiro atoms. The summed E-state index contributed by atoms with van der Waals surface area (Å²) >= 11 is 0. The molecule has 27 heavy (non-hydrogen) atoms. The molecule has 0 fully saturated rings. The van der Waals surface area contributed by atoms with Crippen molar-refractivity contribution in [1.29, 1.82) is 0 Å². The Morgan fingerprint density at radius 1 is 1.26 bits per heavy atom. The highest BCUT2D eigenvalue weighted by Crippen LogP contribution is 2.14. The summed E-state index contributed by atoms with van der Waals surface area (Å²) in [5.74, 6) is -0.141. The number of amides is 1. The highest BCUT2D eigenvalue weighted by molar-refractivity contribution is 5.94. The largest absolute Gasteiger partial charge is 0.472 e. The maximum Gasteiger partial charge on any atom is 0.272 e. The predicted molar refractivity (Wildman–Crippen MR) is 94.9 cm³/mol. The van der Waals surface area contributed by atoms with Gasteiger partial charge in [0.2, 0.25) is 5.88 Å². The highest BCUT2D eigenvalue weighted by atomic mass is 19.3. The number of aryl methyl sites for hydroxylation is 1. The minimum atomic E-state index is -2.57. The Hall–Kier alpha value is -2.90. The van der Waals surface area contributed by atoms with Gasteiger partial charge in [-0.15, -0.1) is 0 Å². The minimum absolute atomic E-state index is 0.0518. The second-order valence-electron chi connectivity index (χ2n) is 5.94. The summed E-state index contributed by atoms with van der Waals surface area (Å²) in [6.45, 7) is 3.06. The number of alkyl halides is 2. The van der Waals surface area contributed by atoms with Crippen molar-refractivity contribution in [3.05, 3.63) is 53.0 Å². The van der Waals surface area contributed by atoms with Crippen LogP contribution in [0.1, 0.15) is 40.5 Å². The SMILES string of the molecule is CCC(=O)Cc1cc(C(=O)NCc2cnc(OCC(F)F)cc2C)ccn1. The number of rotatable bonds is 9. The van der Waals surface area contributed by atoms with Crippen LogP contribution >= 0.6 is 0 Å². The molecule has 2 heterocycles.